The molecule has 2 heterocycles. The number of aryl methyl sites for hydroxylation is 5. The first-order chi connectivity index (χ1) is 13.2. The van der Waals surface area contributed by atoms with Crippen LogP contribution in [0.4, 0.5) is 5.69 Å². The average Bonchev–Trinajstić information content (AvgIpc) is 3.16. The summed E-state index contributed by atoms with van der Waals surface area (Å²) in [6, 6.07) is 6.39. The monoisotopic (exact) mass is 413 g/mol. The van der Waals surface area contributed by atoms with Crippen LogP contribution in [0.2, 0.25) is 0 Å². The lowest BCUT2D eigenvalue weighted by atomic mass is 10.1. The molecule has 3 rings (SSSR count). The third-order valence-electron chi connectivity index (χ3n) is 4.63. The Labute approximate surface area is 175 Å². The van der Waals surface area contributed by atoms with Crippen LogP contribution in [0.25, 0.3) is 11.3 Å². The summed E-state index contributed by atoms with van der Waals surface area (Å²) in [4.78, 5) is 21.9. The Morgan fingerprint density at radius 2 is 1.79 bits per heavy atom. The minimum Gasteiger partial charge on any atom is -0.324 e. The van der Waals surface area contributed by atoms with Crippen LogP contribution >= 0.6 is 22.7 Å². The van der Waals surface area contributed by atoms with Crippen molar-refractivity contribution in [2.45, 2.75) is 41.2 Å². The Kier molecular flexibility index (Phi) is 6.33. The van der Waals surface area contributed by atoms with Crippen LogP contribution < -0.4 is 5.32 Å². The van der Waals surface area contributed by atoms with E-state index in [-0.39, 0.29) is 5.91 Å². The van der Waals surface area contributed by atoms with E-state index in [0.29, 0.717) is 13.1 Å². The Balaban J connectivity index is 1.61. The van der Waals surface area contributed by atoms with Crippen LogP contribution in [0.15, 0.2) is 23.6 Å². The van der Waals surface area contributed by atoms with Gasteiger partial charge in [-0.2, -0.15) is 0 Å². The van der Waals surface area contributed by atoms with Crippen LogP contribution in [0.5, 0.6) is 0 Å². The van der Waals surface area contributed by atoms with E-state index < -0.39 is 0 Å². The van der Waals surface area contributed by atoms with Crippen molar-refractivity contribution in [3.8, 4) is 11.3 Å². The number of carbonyl (C=O) groups excluding carboxylic acids is 1. The molecule has 0 saturated carbocycles. The second-order valence-electron chi connectivity index (χ2n) is 7.45. The molecule has 148 valence electrons. The van der Waals surface area contributed by atoms with Gasteiger partial charge < -0.3 is 5.32 Å². The first-order valence-electron chi connectivity index (χ1n) is 9.31. The molecule has 1 aromatic carbocycles. The number of amides is 1. The first-order valence-corrected chi connectivity index (χ1v) is 11.0. The SMILES string of the molecule is Cc1cc(C)c(NC(=O)CN(C)Cc2nc(-c3cc(C)sc3C)cs2)c(C)c1. The number of hydrogen-bond donors (Lipinski definition) is 1. The molecular formula is C22H27N3OS2. The fourth-order valence-electron chi connectivity index (χ4n) is 3.48. The molecule has 0 unspecified atom stereocenters. The van der Waals surface area contributed by atoms with Crippen LogP contribution in [0.1, 0.15) is 31.5 Å². The van der Waals surface area contributed by atoms with Gasteiger partial charge in [-0.05, 0) is 58.9 Å². The molecule has 0 aliphatic carbocycles. The largest absolute Gasteiger partial charge is 0.324 e. The summed E-state index contributed by atoms with van der Waals surface area (Å²) < 4.78 is 0. The van der Waals surface area contributed by atoms with Crippen molar-refractivity contribution < 1.29 is 4.79 Å². The van der Waals surface area contributed by atoms with Gasteiger partial charge in [-0.1, -0.05) is 17.7 Å². The number of carbonyl (C=O) groups is 1. The van der Waals surface area contributed by atoms with E-state index in [1.165, 1.54) is 20.9 Å². The fourth-order valence-corrected chi connectivity index (χ4v) is 5.29. The predicted molar refractivity (Wildman–Crippen MR) is 121 cm³/mol. The number of thiophene rings is 1. The number of aromatic nitrogens is 1. The number of thiazole rings is 1. The van der Waals surface area contributed by atoms with Gasteiger partial charge in [-0.15, -0.1) is 22.7 Å². The summed E-state index contributed by atoms with van der Waals surface area (Å²) in [7, 11) is 1.95. The number of hydrogen-bond acceptors (Lipinski definition) is 5. The molecule has 2 aromatic heterocycles. The summed E-state index contributed by atoms with van der Waals surface area (Å²) in [5.41, 5.74) is 6.57. The van der Waals surface area contributed by atoms with E-state index in [9.17, 15) is 4.79 Å². The van der Waals surface area contributed by atoms with Gasteiger partial charge in [0.2, 0.25) is 5.91 Å². The third kappa shape index (κ3) is 4.87. The topological polar surface area (TPSA) is 45.2 Å². The molecule has 0 spiro atoms. The Hall–Kier alpha value is -2.02. The summed E-state index contributed by atoms with van der Waals surface area (Å²) in [5, 5.41) is 6.20. The molecular weight excluding hydrogens is 386 g/mol. The summed E-state index contributed by atoms with van der Waals surface area (Å²) in [5.74, 6) is -0.00126. The van der Waals surface area contributed by atoms with E-state index in [2.05, 4.69) is 49.7 Å². The zero-order valence-electron chi connectivity index (χ0n) is 17.3. The molecule has 6 heteroatoms. The highest BCUT2D eigenvalue weighted by atomic mass is 32.1. The Morgan fingerprint density at radius 1 is 1.11 bits per heavy atom. The zero-order chi connectivity index (χ0) is 20.4. The highest BCUT2D eigenvalue weighted by molar-refractivity contribution is 7.12. The first kappa shape index (κ1) is 20.7. The summed E-state index contributed by atoms with van der Waals surface area (Å²) >= 11 is 3.45. The molecule has 0 atom stereocenters. The van der Waals surface area contributed by atoms with E-state index in [4.69, 9.17) is 4.98 Å². The van der Waals surface area contributed by atoms with Crippen LogP contribution in [0.3, 0.4) is 0 Å². The van der Waals surface area contributed by atoms with Crippen molar-refractivity contribution in [3.63, 3.8) is 0 Å². The van der Waals surface area contributed by atoms with Crippen molar-refractivity contribution in [1.82, 2.24) is 9.88 Å². The minimum atomic E-state index is -0.00126. The molecule has 1 N–H and O–H groups in total. The van der Waals surface area contributed by atoms with Gasteiger partial charge in [0, 0.05) is 26.4 Å². The quantitative estimate of drug-likeness (QED) is 0.582. The molecule has 0 fully saturated rings. The van der Waals surface area contributed by atoms with Gasteiger partial charge in [-0.25, -0.2) is 4.98 Å². The van der Waals surface area contributed by atoms with E-state index in [0.717, 1.165) is 27.5 Å². The maximum absolute atomic E-state index is 12.5. The Morgan fingerprint density at radius 3 is 2.39 bits per heavy atom. The fraction of sp³-hybridized carbons (Fsp3) is 0.364. The van der Waals surface area contributed by atoms with E-state index in [1.54, 1.807) is 22.7 Å². The Bertz CT molecular complexity index is 980. The number of nitrogens with zero attached hydrogens (tertiary/aromatic N) is 2. The normalized spacial score (nSPS) is 11.2. The molecule has 4 nitrogen and oxygen atoms in total. The van der Waals surface area contributed by atoms with Crippen molar-refractivity contribution in [2.24, 2.45) is 0 Å². The molecule has 0 saturated heterocycles. The highest BCUT2D eigenvalue weighted by Gasteiger charge is 2.14. The van der Waals surface area contributed by atoms with Crippen molar-refractivity contribution >= 4 is 34.3 Å². The second-order valence-corrected chi connectivity index (χ2v) is 9.85. The molecule has 3 aromatic rings. The lowest BCUT2D eigenvalue weighted by molar-refractivity contribution is -0.117. The number of anilines is 1. The third-order valence-corrected chi connectivity index (χ3v) is 6.43. The van der Waals surface area contributed by atoms with Crippen molar-refractivity contribution in [3.05, 3.63) is 55.0 Å². The summed E-state index contributed by atoms with van der Waals surface area (Å²) in [6.07, 6.45) is 0. The minimum absolute atomic E-state index is 0.00126. The van der Waals surface area contributed by atoms with Gasteiger partial charge >= 0.3 is 0 Å². The molecule has 1 amide bonds. The molecule has 0 aliphatic rings. The lowest BCUT2D eigenvalue weighted by Gasteiger charge is -2.17. The van der Waals surface area contributed by atoms with E-state index >= 15 is 0 Å². The number of benzene rings is 1. The maximum atomic E-state index is 12.5. The van der Waals surface area contributed by atoms with Gasteiger partial charge in [0.25, 0.3) is 0 Å². The lowest BCUT2D eigenvalue weighted by Crippen LogP contribution is -2.30. The standard InChI is InChI=1S/C22H27N3OS2/c1-13-7-14(2)22(15(3)8-13)24-20(26)10-25(6)11-21-23-19(12-27-21)18-9-16(4)28-17(18)5/h7-9,12H,10-11H2,1-6H3,(H,24,26). The molecule has 0 radical (unpaired) electrons. The van der Waals surface area contributed by atoms with Gasteiger partial charge in [0.05, 0.1) is 18.8 Å². The zero-order valence-corrected chi connectivity index (χ0v) is 19.0. The van der Waals surface area contributed by atoms with E-state index in [1.807, 2.05) is 25.8 Å². The average molecular weight is 414 g/mol. The number of nitrogens with one attached hydrogen (secondary N) is 1. The maximum Gasteiger partial charge on any atom is 0.238 e. The highest BCUT2D eigenvalue weighted by Crippen LogP contribution is 2.31. The van der Waals surface area contributed by atoms with Crippen LogP contribution in [-0.4, -0.2) is 29.4 Å². The van der Waals surface area contributed by atoms with Crippen molar-refractivity contribution in [2.75, 3.05) is 18.9 Å². The van der Waals surface area contributed by atoms with Gasteiger partial charge in [-0.3, -0.25) is 9.69 Å². The second kappa shape index (κ2) is 8.55. The number of rotatable bonds is 6. The van der Waals surface area contributed by atoms with Gasteiger partial charge in [0.15, 0.2) is 0 Å². The van der Waals surface area contributed by atoms with Crippen LogP contribution in [0, 0.1) is 34.6 Å². The smallest absolute Gasteiger partial charge is 0.238 e. The molecule has 0 bridgehead atoms. The van der Waals surface area contributed by atoms with Gasteiger partial charge in [0.1, 0.15) is 5.01 Å². The van der Waals surface area contributed by atoms with Crippen molar-refractivity contribution in [1.29, 1.82) is 0 Å². The number of likely N-dealkylation sites (N-methyl/N-ethyl adjacent to an activating group) is 1. The summed E-state index contributed by atoms with van der Waals surface area (Å²) in [6.45, 7) is 11.4. The predicted octanol–water partition coefficient (Wildman–Crippen LogP) is 5.48. The molecule has 0 aliphatic heterocycles. The van der Waals surface area contributed by atoms with Crippen LogP contribution in [-0.2, 0) is 11.3 Å². The molecule has 28 heavy (non-hydrogen) atoms.